The number of ether oxygens (including phenoxy) is 1. The zero-order valence-corrected chi connectivity index (χ0v) is 17.4. The number of hydrogen-bond donors (Lipinski definition) is 3. The lowest BCUT2D eigenvalue weighted by atomic mass is 9.94. The number of benzene rings is 2. The first kappa shape index (κ1) is 19.1. The van der Waals surface area contributed by atoms with Crippen LogP contribution in [-0.2, 0) is 10.2 Å². The summed E-state index contributed by atoms with van der Waals surface area (Å²) < 4.78 is 5.32. The summed E-state index contributed by atoms with van der Waals surface area (Å²) in [5.74, 6) is 1.26. The molecule has 2 aromatic heterocycles. The number of methoxy groups -OCH3 is 1. The molecule has 4 N–H and O–H groups in total. The molecule has 1 saturated carbocycles. The lowest BCUT2D eigenvalue weighted by molar-refractivity contribution is -0.118. The van der Waals surface area contributed by atoms with E-state index in [-0.39, 0.29) is 5.91 Å². The van der Waals surface area contributed by atoms with Crippen LogP contribution >= 0.6 is 0 Å². The molecule has 0 saturated heterocycles. The van der Waals surface area contributed by atoms with Crippen molar-refractivity contribution in [2.75, 3.05) is 18.2 Å². The number of aromatic amines is 1. The molecule has 4 aromatic rings. The molecule has 0 atom stereocenters. The van der Waals surface area contributed by atoms with E-state index < -0.39 is 5.41 Å². The molecule has 1 aliphatic carbocycles. The Balaban J connectivity index is 1.40. The number of amides is 1. The maximum absolute atomic E-state index is 13.1. The summed E-state index contributed by atoms with van der Waals surface area (Å²) in [6.07, 6.45) is 1.66. The summed E-state index contributed by atoms with van der Waals surface area (Å²) in [6.45, 7) is 1.93. The highest BCUT2D eigenvalue weighted by Crippen LogP contribution is 2.49. The van der Waals surface area contributed by atoms with E-state index in [9.17, 15) is 4.79 Å². The number of pyridine rings is 1. The van der Waals surface area contributed by atoms with E-state index in [0.29, 0.717) is 11.5 Å². The third-order valence-corrected chi connectivity index (χ3v) is 5.94. The Labute approximate surface area is 179 Å². The van der Waals surface area contributed by atoms with Crippen LogP contribution < -0.4 is 15.8 Å². The number of H-pyrrole nitrogens is 1. The quantitative estimate of drug-likeness (QED) is 0.455. The molecule has 0 bridgehead atoms. The Morgan fingerprint density at radius 2 is 1.94 bits per heavy atom. The fourth-order valence-electron chi connectivity index (χ4n) is 4.08. The first-order valence-corrected chi connectivity index (χ1v) is 10.2. The topological polar surface area (TPSA) is 106 Å². The monoisotopic (exact) mass is 413 g/mol. The molecule has 1 aliphatic rings. The Hall–Kier alpha value is -3.87. The van der Waals surface area contributed by atoms with Crippen LogP contribution in [0.25, 0.3) is 22.2 Å². The van der Waals surface area contributed by atoms with Crippen LogP contribution in [0.4, 0.5) is 11.5 Å². The van der Waals surface area contributed by atoms with Gasteiger partial charge in [-0.05, 0) is 66.8 Å². The highest BCUT2D eigenvalue weighted by Gasteiger charge is 2.51. The third kappa shape index (κ3) is 3.28. The summed E-state index contributed by atoms with van der Waals surface area (Å²) in [4.78, 5) is 17.5. The normalized spacial score (nSPS) is 14.4. The zero-order valence-electron chi connectivity index (χ0n) is 17.4. The smallest absolute Gasteiger partial charge is 0.235 e. The van der Waals surface area contributed by atoms with Crippen LogP contribution in [-0.4, -0.2) is 28.2 Å². The van der Waals surface area contributed by atoms with Crippen molar-refractivity contribution >= 4 is 28.4 Å². The van der Waals surface area contributed by atoms with E-state index in [1.54, 1.807) is 7.11 Å². The van der Waals surface area contributed by atoms with Crippen molar-refractivity contribution in [3.05, 3.63) is 65.9 Å². The van der Waals surface area contributed by atoms with Gasteiger partial charge in [-0.25, -0.2) is 4.98 Å². The molecule has 5 rings (SSSR count). The van der Waals surface area contributed by atoms with Gasteiger partial charge >= 0.3 is 0 Å². The van der Waals surface area contributed by atoms with Crippen molar-refractivity contribution in [2.24, 2.45) is 0 Å². The fourth-order valence-corrected chi connectivity index (χ4v) is 4.08. The average Bonchev–Trinajstić information content (AvgIpc) is 3.52. The molecule has 2 aromatic carbocycles. The number of aromatic nitrogens is 3. The predicted octanol–water partition coefficient (Wildman–Crippen LogP) is 4.19. The van der Waals surface area contributed by atoms with Gasteiger partial charge in [0.2, 0.25) is 5.91 Å². The molecule has 2 heterocycles. The number of anilines is 2. The number of nitrogens with two attached hydrogens (primary N) is 1. The van der Waals surface area contributed by atoms with E-state index >= 15 is 0 Å². The molecule has 0 unspecified atom stereocenters. The number of carbonyl (C=O) groups excluding carboxylic acids is 1. The van der Waals surface area contributed by atoms with Gasteiger partial charge in [0.05, 0.1) is 17.9 Å². The number of aryl methyl sites for hydroxylation is 1. The Kier molecular flexibility index (Phi) is 4.39. The van der Waals surface area contributed by atoms with Gasteiger partial charge in [-0.3, -0.25) is 9.89 Å². The van der Waals surface area contributed by atoms with Gasteiger partial charge in [0.15, 0.2) is 5.65 Å². The number of hydrogen-bond acceptors (Lipinski definition) is 5. The first-order chi connectivity index (χ1) is 15.0. The van der Waals surface area contributed by atoms with E-state index in [0.717, 1.165) is 52.0 Å². The summed E-state index contributed by atoms with van der Waals surface area (Å²) in [5, 5.41) is 10.9. The molecular formula is C24H23N5O2. The minimum Gasteiger partial charge on any atom is -0.497 e. The Morgan fingerprint density at radius 3 is 2.65 bits per heavy atom. The zero-order chi connectivity index (χ0) is 21.6. The Bertz CT molecular complexity index is 1290. The molecule has 0 radical (unpaired) electrons. The standard InChI is InChI=1S/C24H23N5O2/c1-14-12-19(20-21(25)28-29-22(20)26-14)15-6-8-17(9-7-15)27-23(30)24(10-11-24)16-4-3-5-18(13-16)31-2/h3-9,12-13H,10-11H2,1-2H3,(H,27,30)(H3,25,26,28,29). The van der Waals surface area contributed by atoms with Gasteiger partial charge in [-0.15, -0.1) is 0 Å². The SMILES string of the molecule is COc1cccc(C2(C(=O)Nc3ccc(-c4cc(C)nc5n[nH]c(N)c45)cc3)CC2)c1. The highest BCUT2D eigenvalue weighted by atomic mass is 16.5. The van der Waals surface area contributed by atoms with Crippen molar-refractivity contribution in [2.45, 2.75) is 25.2 Å². The maximum Gasteiger partial charge on any atom is 0.235 e. The number of rotatable bonds is 5. The molecule has 0 aliphatic heterocycles. The van der Waals surface area contributed by atoms with Crippen LogP contribution in [0.1, 0.15) is 24.1 Å². The van der Waals surface area contributed by atoms with Crippen molar-refractivity contribution in [3.8, 4) is 16.9 Å². The lowest BCUT2D eigenvalue weighted by Crippen LogP contribution is -2.27. The predicted molar refractivity (Wildman–Crippen MR) is 121 cm³/mol. The van der Waals surface area contributed by atoms with Crippen LogP contribution in [0, 0.1) is 6.92 Å². The van der Waals surface area contributed by atoms with Crippen LogP contribution in [0.15, 0.2) is 54.6 Å². The molecule has 7 heteroatoms. The van der Waals surface area contributed by atoms with Crippen LogP contribution in [0.2, 0.25) is 0 Å². The van der Waals surface area contributed by atoms with Crippen molar-refractivity contribution in [1.29, 1.82) is 0 Å². The molecule has 156 valence electrons. The van der Waals surface area contributed by atoms with Gasteiger partial charge in [-0.2, -0.15) is 5.10 Å². The highest BCUT2D eigenvalue weighted by molar-refractivity contribution is 6.02. The number of carbonyl (C=O) groups is 1. The second-order valence-corrected chi connectivity index (χ2v) is 7.99. The number of nitrogens with zero attached hydrogens (tertiary/aromatic N) is 2. The van der Waals surface area contributed by atoms with E-state index in [1.807, 2.05) is 61.5 Å². The Morgan fingerprint density at radius 1 is 1.16 bits per heavy atom. The minimum atomic E-state index is -0.479. The summed E-state index contributed by atoms with van der Waals surface area (Å²) in [7, 11) is 1.63. The number of nitrogens with one attached hydrogen (secondary N) is 2. The summed E-state index contributed by atoms with van der Waals surface area (Å²) in [5.41, 5.74) is 10.7. The lowest BCUT2D eigenvalue weighted by Gasteiger charge is -2.17. The molecule has 31 heavy (non-hydrogen) atoms. The second kappa shape index (κ2) is 7.12. The van der Waals surface area contributed by atoms with Gasteiger partial charge in [0.1, 0.15) is 11.6 Å². The first-order valence-electron chi connectivity index (χ1n) is 10.2. The largest absolute Gasteiger partial charge is 0.497 e. The average molecular weight is 413 g/mol. The molecule has 7 nitrogen and oxygen atoms in total. The maximum atomic E-state index is 13.1. The molecule has 1 fully saturated rings. The minimum absolute atomic E-state index is 0.00901. The van der Waals surface area contributed by atoms with Gasteiger partial charge in [0.25, 0.3) is 0 Å². The number of fused-ring (bicyclic) bond motifs is 1. The fraction of sp³-hybridized carbons (Fsp3) is 0.208. The second-order valence-electron chi connectivity index (χ2n) is 7.99. The third-order valence-electron chi connectivity index (χ3n) is 5.94. The number of nitrogen functional groups attached to an aromatic ring is 1. The summed E-state index contributed by atoms with van der Waals surface area (Å²) >= 11 is 0. The summed E-state index contributed by atoms with van der Waals surface area (Å²) in [6, 6.07) is 17.5. The van der Waals surface area contributed by atoms with Crippen molar-refractivity contribution < 1.29 is 9.53 Å². The molecular weight excluding hydrogens is 390 g/mol. The van der Waals surface area contributed by atoms with Gasteiger partial charge in [-0.1, -0.05) is 24.3 Å². The van der Waals surface area contributed by atoms with E-state index in [2.05, 4.69) is 20.5 Å². The van der Waals surface area contributed by atoms with Crippen molar-refractivity contribution in [3.63, 3.8) is 0 Å². The van der Waals surface area contributed by atoms with Gasteiger partial charge in [0, 0.05) is 11.4 Å². The van der Waals surface area contributed by atoms with Gasteiger partial charge < -0.3 is 15.8 Å². The van der Waals surface area contributed by atoms with E-state index in [4.69, 9.17) is 10.5 Å². The molecule has 0 spiro atoms. The van der Waals surface area contributed by atoms with Crippen molar-refractivity contribution in [1.82, 2.24) is 15.2 Å². The van der Waals surface area contributed by atoms with Crippen LogP contribution in [0.3, 0.4) is 0 Å². The van der Waals surface area contributed by atoms with E-state index in [1.165, 1.54) is 0 Å². The molecule has 1 amide bonds. The van der Waals surface area contributed by atoms with Crippen LogP contribution in [0.5, 0.6) is 5.75 Å².